The second kappa shape index (κ2) is 7.05. The molecule has 0 bridgehead atoms. The van der Waals surface area contributed by atoms with Crippen molar-refractivity contribution in [3.8, 4) is 0 Å². The van der Waals surface area contributed by atoms with Crippen LogP contribution in [-0.4, -0.2) is 50.3 Å². The van der Waals surface area contributed by atoms with Gasteiger partial charge in [0.2, 0.25) is 0 Å². The van der Waals surface area contributed by atoms with Crippen molar-refractivity contribution in [1.29, 1.82) is 0 Å². The number of hydrogen-bond acceptors (Lipinski definition) is 3. The summed E-state index contributed by atoms with van der Waals surface area (Å²) in [5.41, 5.74) is 1.35. The van der Waals surface area contributed by atoms with Gasteiger partial charge in [0, 0.05) is 13.1 Å². The Morgan fingerprint density at radius 1 is 1.56 bits per heavy atom. The van der Waals surface area contributed by atoms with Crippen LogP contribution in [0.2, 0.25) is 0 Å². The molecule has 0 aromatic carbocycles. The molecule has 3 nitrogen and oxygen atoms in total. The lowest BCUT2D eigenvalue weighted by atomic mass is 10.1. The van der Waals surface area contributed by atoms with E-state index in [0.29, 0.717) is 12.1 Å². The van der Waals surface area contributed by atoms with Gasteiger partial charge in [-0.25, -0.2) is 0 Å². The van der Waals surface area contributed by atoms with E-state index >= 15 is 0 Å². The predicted molar refractivity (Wildman–Crippen MR) is 68.7 cm³/mol. The van der Waals surface area contributed by atoms with Gasteiger partial charge in [-0.3, -0.25) is 0 Å². The third-order valence-electron chi connectivity index (χ3n) is 2.84. The monoisotopic (exact) mass is 226 g/mol. The Morgan fingerprint density at radius 2 is 2.31 bits per heavy atom. The minimum atomic E-state index is 0.292. The Balaban J connectivity index is 2.56. The van der Waals surface area contributed by atoms with Gasteiger partial charge in [0.1, 0.15) is 0 Å². The van der Waals surface area contributed by atoms with Gasteiger partial charge in [-0.15, -0.1) is 0 Å². The smallest absolute Gasteiger partial charge is 0.0890 e. The van der Waals surface area contributed by atoms with E-state index in [4.69, 9.17) is 4.74 Å². The molecule has 1 N–H and O–H groups in total. The number of morpholine rings is 1. The quantitative estimate of drug-likeness (QED) is 0.721. The molecule has 0 radical (unpaired) electrons. The highest BCUT2D eigenvalue weighted by atomic mass is 16.5. The largest absolute Gasteiger partial charge is 0.374 e. The molecule has 94 valence electrons. The van der Waals surface area contributed by atoms with Crippen molar-refractivity contribution < 1.29 is 4.74 Å². The summed E-state index contributed by atoms with van der Waals surface area (Å²) in [5, 5.41) is 3.56. The standard InChI is InChI=1S/C13H26N2O/c1-5-6-14-12(9-11(2)3)13-10-15(4)7-8-16-13/h9,12-14H,5-8,10H2,1-4H3. The lowest BCUT2D eigenvalue weighted by Gasteiger charge is -2.34. The Morgan fingerprint density at radius 3 is 2.88 bits per heavy atom. The minimum absolute atomic E-state index is 0.292. The molecule has 1 fully saturated rings. The summed E-state index contributed by atoms with van der Waals surface area (Å²) < 4.78 is 5.86. The third-order valence-corrected chi connectivity index (χ3v) is 2.84. The van der Waals surface area contributed by atoms with Crippen molar-refractivity contribution in [2.45, 2.75) is 39.3 Å². The first-order valence-corrected chi connectivity index (χ1v) is 6.32. The molecule has 1 heterocycles. The summed E-state index contributed by atoms with van der Waals surface area (Å²) in [7, 11) is 2.16. The first-order chi connectivity index (χ1) is 7.63. The van der Waals surface area contributed by atoms with E-state index in [1.54, 1.807) is 0 Å². The summed E-state index contributed by atoms with van der Waals surface area (Å²) in [6, 6.07) is 0.354. The fraction of sp³-hybridized carbons (Fsp3) is 0.846. The maximum Gasteiger partial charge on any atom is 0.0890 e. The Hall–Kier alpha value is -0.380. The Bertz CT molecular complexity index is 224. The first-order valence-electron chi connectivity index (χ1n) is 6.32. The van der Waals surface area contributed by atoms with Crippen molar-refractivity contribution in [2.24, 2.45) is 0 Å². The molecule has 0 aromatic rings. The van der Waals surface area contributed by atoms with E-state index < -0.39 is 0 Å². The predicted octanol–water partition coefficient (Wildman–Crippen LogP) is 1.65. The molecule has 1 saturated heterocycles. The lowest BCUT2D eigenvalue weighted by Crippen LogP contribution is -2.50. The Kier molecular flexibility index (Phi) is 6.03. The summed E-state index contributed by atoms with van der Waals surface area (Å²) in [6.07, 6.45) is 3.75. The van der Waals surface area contributed by atoms with Crippen LogP contribution in [0.3, 0.4) is 0 Å². The van der Waals surface area contributed by atoms with Crippen molar-refractivity contribution in [3.05, 3.63) is 11.6 Å². The van der Waals surface area contributed by atoms with Crippen LogP contribution in [0.15, 0.2) is 11.6 Å². The average molecular weight is 226 g/mol. The molecule has 0 amide bonds. The minimum Gasteiger partial charge on any atom is -0.374 e. The van der Waals surface area contributed by atoms with Crippen molar-refractivity contribution in [1.82, 2.24) is 10.2 Å². The van der Waals surface area contributed by atoms with Crippen LogP contribution in [0.5, 0.6) is 0 Å². The second-order valence-electron chi connectivity index (χ2n) is 4.90. The van der Waals surface area contributed by atoms with E-state index in [1.807, 2.05) is 0 Å². The van der Waals surface area contributed by atoms with Crippen LogP contribution in [0, 0.1) is 0 Å². The SMILES string of the molecule is CCCNC(C=C(C)C)C1CN(C)CCO1. The molecule has 16 heavy (non-hydrogen) atoms. The highest BCUT2D eigenvalue weighted by molar-refractivity contribution is 5.05. The Labute approximate surface area is 99.8 Å². The number of nitrogens with zero attached hydrogens (tertiary/aromatic N) is 1. The molecule has 2 atom stereocenters. The van der Waals surface area contributed by atoms with Crippen LogP contribution in [0.25, 0.3) is 0 Å². The van der Waals surface area contributed by atoms with Crippen molar-refractivity contribution in [3.63, 3.8) is 0 Å². The van der Waals surface area contributed by atoms with Crippen LogP contribution in [0.1, 0.15) is 27.2 Å². The van der Waals surface area contributed by atoms with Crippen LogP contribution < -0.4 is 5.32 Å². The maximum atomic E-state index is 5.86. The number of allylic oxidation sites excluding steroid dienone is 1. The van der Waals surface area contributed by atoms with Gasteiger partial charge in [-0.05, 0) is 33.9 Å². The van der Waals surface area contributed by atoms with Crippen molar-refractivity contribution in [2.75, 3.05) is 33.3 Å². The second-order valence-corrected chi connectivity index (χ2v) is 4.90. The molecule has 0 aliphatic carbocycles. The number of rotatable bonds is 5. The number of nitrogens with one attached hydrogen (secondary N) is 1. The lowest BCUT2D eigenvalue weighted by molar-refractivity contribution is -0.0305. The molecular weight excluding hydrogens is 200 g/mol. The molecule has 0 saturated carbocycles. The topological polar surface area (TPSA) is 24.5 Å². The maximum absolute atomic E-state index is 5.86. The van der Waals surface area contributed by atoms with Gasteiger partial charge in [0.05, 0.1) is 18.8 Å². The molecule has 1 aliphatic heterocycles. The number of hydrogen-bond donors (Lipinski definition) is 1. The zero-order chi connectivity index (χ0) is 12.0. The van der Waals surface area contributed by atoms with Crippen molar-refractivity contribution >= 4 is 0 Å². The zero-order valence-electron chi connectivity index (χ0n) is 11.1. The van der Waals surface area contributed by atoms with E-state index in [0.717, 1.165) is 32.7 Å². The van der Waals surface area contributed by atoms with E-state index in [-0.39, 0.29) is 0 Å². The van der Waals surface area contributed by atoms with E-state index in [2.05, 4.69) is 44.1 Å². The molecule has 2 unspecified atom stereocenters. The van der Waals surface area contributed by atoms with Crippen LogP contribution in [-0.2, 0) is 4.74 Å². The van der Waals surface area contributed by atoms with Crippen LogP contribution in [0.4, 0.5) is 0 Å². The first kappa shape index (κ1) is 13.7. The highest BCUT2D eigenvalue weighted by Crippen LogP contribution is 2.10. The number of likely N-dealkylation sites (N-methyl/N-ethyl adjacent to an activating group) is 1. The summed E-state index contributed by atoms with van der Waals surface area (Å²) in [5.74, 6) is 0. The molecule has 3 heteroatoms. The fourth-order valence-corrected chi connectivity index (χ4v) is 2.00. The van der Waals surface area contributed by atoms with Gasteiger partial charge in [-0.2, -0.15) is 0 Å². The van der Waals surface area contributed by atoms with Gasteiger partial charge in [-0.1, -0.05) is 18.6 Å². The van der Waals surface area contributed by atoms with Gasteiger partial charge in [0.25, 0.3) is 0 Å². The molecule has 0 aromatic heterocycles. The average Bonchev–Trinajstić information content (AvgIpc) is 2.23. The van der Waals surface area contributed by atoms with E-state index in [9.17, 15) is 0 Å². The van der Waals surface area contributed by atoms with Crippen LogP contribution >= 0.6 is 0 Å². The highest BCUT2D eigenvalue weighted by Gasteiger charge is 2.24. The zero-order valence-corrected chi connectivity index (χ0v) is 11.1. The van der Waals surface area contributed by atoms with Gasteiger partial charge < -0.3 is 15.0 Å². The summed E-state index contributed by atoms with van der Waals surface area (Å²) >= 11 is 0. The molecule has 1 aliphatic rings. The molecule has 1 rings (SSSR count). The third kappa shape index (κ3) is 4.64. The van der Waals surface area contributed by atoms with Gasteiger partial charge >= 0.3 is 0 Å². The fourth-order valence-electron chi connectivity index (χ4n) is 2.00. The summed E-state index contributed by atoms with van der Waals surface area (Å²) in [6.45, 7) is 10.5. The summed E-state index contributed by atoms with van der Waals surface area (Å²) in [4.78, 5) is 2.34. The molecule has 0 spiro atoms. The molecular formula is C13H26N2O. The normalized spacial score (nSPS) is 24.1. The number of ether oxygens (including phenoxy) is 1. The van der Waals surface area contributed by atoms with E-state index in [1.165, 1.54) is 5.57 Å². The van der Waals surface area contributed by atoms with Gasteiger partial charge in [0.15, 0.2) is 0 Å².